The van der Waals surface area contributed by atoms with Crippen LogP contribution in [0, 0.1) is 0 Å². The third kappa shape index (κ3) is 4.12. The van der Waals surface area contributed by atoms with Gasteiger partial charge in [-0.05, 0) is 46.2 Å². The normalized spacial score (nSPS) is 22.6. The Morgan fingerprint density at radius 3 is 2.67 bits per heavy atom. The van der Waals surface area contributed by atoms with Gasteiger partial charge in [0.15, 0.2) is 0 Å². The van der Waals surface area contributed by atoms with Crippen molar-refractivity contribution in [2.75, 3.05) is 18.6 Å². The topological polar surface area (TPSA) is 24.5 Å². The van der Waals surface area contributed by atoms with Gasteiger partial charge in [-0.3, -0.25) is 0 Å². The molecule has 1 aliphatic heterocycles. The average Bonchev–Trinajstić information content (AvgIpc) is 2.81. The van der Waals surface area contributed by atoms with Crippen molar-refractivity contribution in [1.82, 2.24) is 5.32 Å². The molecule has 1 heterocycles. The highest BCUT2D eigenvalue weighted by atomic mass is 35.5. The molecule has 21 heavy (non-hydrogen) atoms. The van der Waals surface area contributed by atoms with Gasteiger partial charge >= 0.3 is 0 Å². The van der Waals surface area contributed by atoms with Crippen LogP contribution in [0.15, 0.2) is 18.2 Å². The van der Waals surface area contributed by atoms with Crippen molar-refractivity contribution in [1.29, 1.82) is 0 Å². The lowest BCUT2D eigenvalue weighted by atomic mass is 10.0. The van der Waals surface area contributed by atoms with Gasteiger partial charge in [0.2, 0.25) is 0 Å². The van der Waals surface area contributed by atoms with Crippen molar-refractivity contribution in [3.63, 3.8) is 0 Å². The van der Waals surface area contributed by atoms with Crippen molar-refractivity contribution in [2.45, 2.75) is 58.3 Å². The number of nitrogens with one attached hydrogen (secondary N) is 1. The molecular weight excluding hydrogens is 284 g/mol. The Labute approximate surface area is 133 Å². The number of ether oxygens (including phenoxy) is 1. The van der Waals surface area contributed by atoms with Gasteiger partial charge in [0.1, 0.15) is 0 Å². The van der Waals surface area contributed by atoms with Gasteiger partial charge < -0.3 is 15.0 Å². The molecule has 2 atom stereocenters. The quantitative estimate of drug-likeness (QED) is 0.914. The second kappa shape index (κ2) is 6.55. The van der Waals surface area contributed by atoms with Crippen molar-refractivity contribution >= 4 is 17.3 Å². The van der Waals surface area contributed by atoms with Crippen LogP contribution < -0.4 is 10.2 Å². The Kier molecular flexibility index (Phi) is 5.18. The SMILES string of the molecule is CC1OCCC1N(C)c1cccc(Cl)c1CNC(C)(C)C. The Morgan fingerprint density at radius 2 is 2.10 bits per heavy atom. The van der Waals surface area contributed by atoms with E-state index >= 15 is 0 Å². The van der Waals surface area contributed by atoms with E-state index in [4.69, 9.17) is 16.3 Å². The van der Waals surface area contributed by atoms with Gasteiger partial charge in [-0.15, -0.1) is 0 Å². The van der Waals surface area contributed by atoms with Crippen molar-refractivity contribution in [3.8, 4) is 0 Å². The largest absolute Gasteiger partial charge is 0.376 e. The lowest BCUT2D eigenvalue weighted by molar-refractivity contribution is 0.118. The average molecular weight is 311 g/mol. The molecule has 1 aromatic carbocycles. The molecule has 0 saturated carbocycles. The van der Waals surface area contributed by atoms with Gasteiger partial charge in [0, 0.05) is 42.0 Å². The van der Waals surface area contributed by atoms with Crippen molar-refractivity contribution in [3.05, 3.63) is 28.8 Å². The molecule has 0 aliphatic carbocycles. The zero-order chi connectivity index (χ0) is 15.6. The maximum absolute atomic E-state index is 6.45. The molecule has 1 aromatic rings. The molecule has 2 unspecified atom stereocenters. The van der Waals surface area contributed by atoms with Crippen LogP contribution in [0.2, 0.25) is 5.02 Å². The number of anilines is 1. The molecule has 1 aliphatic rings. The van der Waals surface area contributed by atoms with Gasteiger partial charge in [0.25, 0.3) is 0 Å². The van der Waals surface area contributed by atoms with Crippen LogP contribution in [0.4, 0.5) is 5.69 Å². The molecule has 118 valence electrons. The van der Waals surface area contributed by atoms with Crippen LogP contribution in [-0.4, -0.2) is 31.3 Å². The summed E-state index contributed by atoms with van der Waals surface area (Å²) < 4.78 is 5.70. The van der Waals surface area contributed by atoms with Gasteiger partial charge in [-0.1, -0.05) is 17.7 Å². The molecule has 2 rings (SSSR count). The minimum atomic E-state index is 0.0682. The lowest BCUT2D eigenvalue weighted by Gasteiger charge is -2.32. The van der Waals surface area contributed by atoms with E-state index in [2.05, 4.69) is 51.0 Å². The molecule has 4 heteroatoms. The van der Waals surface area contributed by atoms with Crippen LogP contribution in [0.3, 0.4) is 0 Å². The molecule has 0 aromatic heterocycles. The Bertz CT molecular complexity index is 484. The van der Waals surface area contributed by atoms with Crippen LogP contribution in [0.25, 0.3) is 0 Å². The molecule has 3 nitrogen and oxygen atoms in total. The smallest absolute Gasteiger partial charge is 0.0750 e. The molecule has 1 fully saturated rings. The number of likely N-dealkylation sites (N-methyl/N-ethyl adjacent to an activating group) is 1. The monoisotopic (exact) mass is 310 g/mol. The third-order valence-electron chi connectivity index (χ3n) is 4.10. The van der Waals surface area contributed by atoms with Crippen LogP contribution in [-0.2, 0) is 11.3 Å². The number of rotatable bonds is 4. The van der Waals surface area contributed by atoms with Crippen molar-refractivity contribution < 1.29 is 4.74 Å². The number of halogens is 1. The van der Waals surface area contributed by atoms with Crippen LogP contribution in [0.1, 0.15) is 39.7 Å². The second-order valence-corrected chi connectivity index (χ2v) is 7.29. The summed E-state index contributed by atoms with van der Waals surface area (Å²) in [7, 11) is 2.14. The van der Waals surface area contributed by atoms with E-state index in [0.29, 0.717) is 6.04 Å². The first-order chi connectivity index (χ1) is 9.79. The molecule has 0 amide bonds. The number of benzene rings is 1. The highest BCUT2D eigenvalue weighted by molar-refractivity contribution is 6.31. The minimum absolute atomic E-state index is 0.0682. The van der Waals surface area contributed by atoms with Gasteiger partial charge in [0.05, 0.1) is 12.1 Å². The van der Waals surface area contributed by atoms with E-state index < -0.39 is 0 Å². The zero-order valence-electron chi connectivity index (χ0n) is 13.7. The minimum Gasteiger partial charge on any atom is -0.376 e. The summed E-state index contributed by atoms with van der Waals surface area (Å²) in [4.78, 5) is 2.32. The standard InChI is InChI=1S/C17H27ClN2O/c1-12-15(9-10-21-12)20(5)16-8-6-7-14(18)13(16)11-19-17(2,3)4/h6-8,12,15,19H,9-11H2,1-5H3. The summed E-state index contributed by atoms with van der Waals surface area (Å²) in [6.07, 6.45) is 1.33. The zero-order valence-corrected chi connectivity index (χ0v) is 14.5. The highest BCUT2D eigenvalue weighted by Gasteiger charge is 2.29. The third-order valence-corrected chi connectivity index (χ3v) is 4.46. The van der Waals surface area contributed by atoms with Gasteiger partial charge in [-0.25, -0.2) is 0 Å². The fourth-order valence-corrected chi connectivity index (χ4v) is 3.05. The van der Waals surface area contributed by atoms with E-state index in [9.17, 15) is 0 Å². The lowest BCUT2D eigenvalue weighted by Crippen LogP contribution is -2.39. The Morgan fingerprint density at radius 1 is 1.38 bits per heavy atom. The Hall–Kier alpha value is -0.770. The summed E-state index contributed by atoms with van der Waals surface area (Å²) in [6, 6.07) is 6.55. The Balaban J connectivity index is 2.24. The first kappa shape index (κ1) is 16.6. The molecule has 0 radical (unpaired) electrons. The van der Waals surface area contributed by atoms with E-state index in [1.807, 2.05) is 12.1 Å². The predicted molar refractivity (Wildman–Crippen MR) is 90.3 cm³/mol. The predicted octanol–water partition coefficient (Wildman–Crippen LogP) is 3.84. The molecule has 0 bridgehead atoms. The van der Waals surface area contributed by atoms with Crippen LogP contribution >= 0.6 is 11.6 Å². The summed E-state index contributed by atoms with van der Waals surface area (Å²) in [5, 5.41) is 4.36. The van der Waals surface area contributed by atoms with E-state index in [-0.39, 0.29) is 11.6 Å². The maximum atomic E-state index is 6.45. The fourth-order valence-electron chi connectivity index (χ4n) is 2.81. The first-order valence-corrected chi connectivity index (χ1v) is 8.04. The number of hydrogen-bond donors (Lipinski definition) is 1. The highest BCUT2D eigenvalue weighted by Crippen LogP contribution is 2.31. The van der Waals surface area contributed by atoms with E-state index in [1.165, 1.54) is 5.69 Å². The molecule has 0 spiro atoms. The summed E-state index contributed by atoms with van der Waals surface area (Å²) in [5.41, 5.74) is 2.43. The van der Waals surface area contributed by atoms with E-state index in [0.717, 1.165) is 30.2 Å². The molecular formula is C17H27ClN2O. The van der Waals surface area contributed by atoms with Crippen molar-refractivity contribution in [2.24, 2.45) is 0 Å². The first-order valence-electron chi connectivity index (χ1n) is 7.66. The molecule has 1 saturated heterocycles. The molecule has 1 N–H and O–H groups in total. The van der Waals surface area contributed by atoms with E-state index in [1.54, 1.807) is 0 Å². The number of nitrogens with zero attached hydrogens (tertiary/aromatic N) is 1. The van der Waals surface area contributed by atoms with Crippen LogP contribution in [0.5, 0.6) is 0 Å². The summed E-state index contributed by atoms with van der Waals surface area (Å²) >= 11 is 6.45. The fraction of sp³-hybridized carbons (Fsp3) is 0.647. The maximum Gasteiger partial charge on any atom is 0.0750 e. The summed E-state index contributed by atoms with van der Waals surface area (Å²) in [5.74, 6) is 0. The number of hydrogen-bond acceptors (Lipinski definition) is 3. The van der Waals surface area contributed by atoms with Gasteiger partial charge in [-0.2, -0.15) is 0 Å². The second-order valence-electron chi connectivity index (χ2n) is 6.88. The summed E-state index contributed by atoms with van der Waals surface area (Å²) in [6.45, 7) is 10.3.